The maximum Gasteiger partial charge on any atom is 0.238 e. The van der Waals surface area contributed by atoms with Gasteiger partial charge in [-0.05, 0) is 62.1 Å². The molecule has 0 aliphatic carbocycles. The van der Waals surface area contributed by atoms with Crippen LogP contribution in [0.4, 0.5) is 11.4 Å². The van der Waals surface area contributed by atoms with E-state index in [0.717, 1.165) is 38.2 Å². The third kappa shape index (κ3) is 4.74. The average molecular weight is 359 g/mol. The molecule has 0 saturated carbocycles. The summed E-state index contributed by atoms with van der Waals surface area (Å²) in [5.41, 5.74) is 3.50. The Morgan fingerprint density at radius 2 is 1.64 bits per heavy atom. The van der Waals surface area contributed by atoms with E-state index in [1.807, 2.05) is 12.1 Å². The first-order valence-electron chi connectivity index (χ1n) is 8.60. The molecule has 3 N–H and O–H groups in total. The van der Waals surface area contributed by atoms with E-state index in [-0.39, 0.29) is 4.90 Å². The minimum Gasteiger partial charge on any atom is -0.385 e. The molecule has 1 aliphatic heterocycles. The van der Waals surface area contributed by atoms with Crippen molar-refractivity contribution in [1.82, 2.24) is 0 Å². The zero-order valence-corrected chi connectivity index (χ0v) is 15.3. The molecule has 0 aromatic heterocycles. The van der Waals surface area contributed by atoms with E-state index in [0.29, 0.717) is 5.92 Å². The van der Waals surface area contributed by atoms with Gasteiger partial charge in [0.25, 0.3) is 0 Å². The molecule has 2 aromatic rings. The largest absolute Gasteiger partial charge is 0.385 e. The van der Waals surface area contributed by atoms with Gasteiger partial charge < -0.3 is 10.2 Å². The minimum atomic E-state index is -3.62. The second-order valence-electron chi connectivity index (χ2n) is 6.72. The lowest BCUT2D eigenvalue weighted by molar-refractivity contribution is 0.423. The van der Waals surface area contributed by atoms with Gasteiger partial charge in [-0.15, -0.1) is 0 Å². The van der Waals surface area contributed by atoms with Gasteiger partial charge in [0.1, 0.15) is 0 Å². The standard InChI is InChI=1S/C19H25N3O2S/c1-15-2-4-17(5-3-15)21-14-16-10-12-22(13-11-16)18-6-8-19(9-7-18)25(20,23)24/h2-9,16,21H,10-14H2,1H3,(H2,20,23,24). The van der Waals surface area contributed by atoms with Gasteiger partial charge in [0, 0.05) is 31.0 Å². The second kappa shape index (κ2) is 7.45. The van der Waals surface area contributed by atoms with E-state index < -0.39 is 10.0 Å². The van der Waals surface area contributed by atoms with Crippen molar-refractivity contribution in [3.05, 3.63) is 54.1 Å². The van der Waals surface area contributed by atoms with Crippen molar-refractivity contribution < 1.29 is 8.42 Å². The highest BCUT2D eigenvalue weighted by Crippen LogP contribution is 2.24. The molecule has 5 nitrogen and oxygen atoms in total. The summed E-state index contributed by atoms with van der Waals surface area (Å²) in [6.45, 7) is 5.04. The predicted octanol–water partition coefficient (Wildman–Crippen LogP) is 2.97. The van der Waals surface area contributed by atoms with Gasteiger partial charge in [-0.25, -0.2) is 13.6 Å². The Hall–Kier alpha value is -2.05. The highest BCUT2D eigenvalue weighted by molar-refractivity contribution is 7.89. The zero-order chi connectivity index (χ0) is 17.9. The fourth-order valence-corrected chi connectivity index (χ4v) is 3.69. The summed E-state index contributed by atoms with van der Waals surface area (Å²) in [6.07, 6.45) is 2.24. The van der Waals surface area contributed by atoms with Crippen LogP contribution in [0.25, 0.3) is 0 Å². The summed E-state index contributed by atoms with van der Waals surface area (Å²) >= 11 is 0. The third-order valence-electron chi connectivity index (χ3n) is 4.79. The number of nitrogens with two attached hydrogens (primary N) is 1. The minimum absolute atomic E-state index is 0.161. The molecule has 0 amide bonds. The molecule has 1 fully saturated rings. The first-order chi connectivity index (χ1) is 11.9. The van der Waals surface area contributed by atoms with E-state index in [1.165, 1.54) is 11.3 Å². The van der Waals surface area contributed by atoms with Crippen molar-refractivity contribution in [3.63, 3.8) is 0 Å². The molecule has 6 heteroatoms. The Kier molecular flexibility index (Phi) is 5.30. The normalized spacial score (nSPS) is 16.0. The summed E-state index contributed by atoms with van der Waals surface area (Å²) in [6, 6.07) is 15.3. The van der Waals surface area contributed by atoms with Crippen LogP contribution in [0, 0.1) is 12.8 Å². The topological polar surface area (TPSA) is 75.4 Å². The summed E-state index contributed by atoms with van der Waals surface area (Å²) in [4.78, 5) is 2.46. The Morgan fingerprint density at radius 1 is 1.04 bits per heavy atom. The van der Waals surface area contributed by atoms with Crippen LogP contribution in [0.2, 0.25) is 0 Å². The lowest BCUT2D eigenvalue weighted by Gasteiger charge is -2.34. The highest BCUT2D eigenvalue weighted by atomic mass is 32.2. The van der Waals surface area contributed by atoms with Crippen LogP contribution in [0.15, 0.2) is 53.4 Å². The summed E-state index contributed by atoms with van der Waals surface area (Å²) in [5.74, 6) is 0.654. The molecular formula is C19H25N3O2S. The highest BCUT2D eigenvalue weighted by Gasteiger charge is 2.19. The van der Waals surface area contributed by atoms with Crippen LogP contribution in [-0.2, 0) is 10.0 Å². The number of hydrogen-bond acceptors (Lipinski definition) is 4. The van der Waals surface area contributed by atoms with Crippen molar-refractivity contribution in [2.45, 2.75) is 24.7 Å². The first kappa shape index (κ1) is 17.8. The number of nitrogens with one attached hydrogen (secondary N) is 1. The maximum absolute atomic E-state index is 11.3. The molecule has 0 atom stereocenters. The van der Waals surface area contributed by atoms with Gasteiger partial charge in [-0.2, -0.15) is 0 Å². The molecule has 1 aliphatic rings. The zero-order valence-electron chi connectivity index (χ0n) is 14.5. The van der Waals surface area contributed by atoms with Crippen LogP contribution in [-0.4, -0.2) is 28.1 Å². The molecule has 134 valence electrons. The summed E-state index contributed by atoms with van der Waals surface area (Å²) < 4.78 is 22.7. The number of nitrogens with zero attached hydrogens (tertiary/aromatic N) is 1. The molecule has 0 spiro atoms. The second-order valence-corrected chi connectivity index (χ2v) is 8.28. The van der Waals surface area contributed by atoms with E-state index in [2.05, 4.69) is 41.4 Å². The Labute approximate surface area is 149 Å². The fourth-order valence-electron chi connectivity index (χ4n) is 3.18. The van der Waals surface area contributed by atoms with Crippen LogP contribution in [0.5, 0.6) is 0 Å². The molecule has 3 rings (SSSR count). The molecule has 0 unspecified atom stereocenters. The van der Waals surface area contributed by atoms with Gasteiger partial charge in [0.2, 0.25) is 10.0 Å². The van der Waals surface area contributed by atoms with Gasteiger partial charge in [-0.1, -0.05) is 17.7 Å². The van der Waals surface area contributed by atoms with Crippen LogP contribution in [0.1, 0.15) is 18.4 Å². The first-order valence-corrected chi connectivity index (χ1v) is 10.1. The number of anilines is 2. The Balaban J connectivity index is 1.50. The number of primary sulfonamides is 1. The SMILES string of the molecule is Cc1ccc(NCC2CCN(c3ccc(S(N)(=O)=O)cc3)CC2)cc1. The number of benzene rings is 2. The van der Waals surface area contributed by atoms with Crippen molar-refractivity contribution in [1.29, 1.82) is 0 Å². The summed E-state index contributed by atoms with van der Waals surface area (Å²) in [5, 5.41) is 8.67. The predicted molar refractivity (Wildman–Crippen MR) is 102 cm³/mol. The lowest BCUT2D eigenvalue weighted by atomic mass is 9.96. The molecule has 0 bridgehead atoms. The third-order valence-corrected chi connectivity index (χ3v) is 5.72. The number of hydrogen-bond donors (Lipinski definition) is 2. The van der Waals surface area contributed by atoms with Gasteiger partial charge in [0.05, 0.1) is 4.90 Å². The molecule has 25 heavy (non-hydrogen) atoms. The van der Waals surface area contributed by atoms with E-state index in [4.69, 9.17) is 5.14 Å². The van der Waals surface area contributed by atoms with Crippen molar-refractivity contribution in [3.8, 4) is 0 Å². The number of aryl methyl sites for hydroxylation is 1. The van der Waals surface area contributed by atoms with Crippen molar-refractivity contribution >= 4 is 21.4 Å². The molecular weight excluding hydrogens is 334 g/mol. The van der Waals surface area contributed by atoms with Crippen LogP contribution in [0.3, 0.4) is 0 Å². The number of rotatable bonds is 5. The van der Waals surface area contributed by atoms with Gasteiger partial charge in [0.15, 0.2) is 0 Å². The van der Waals surface area contributed by atoms with E-state index in [9.17, 15) is 8.42 Å². The van der Waals surface area contributed by atoms with Crippen LogP contribution >= 0.6 is 0 Å². The summed E-state index contributed by atoms with van der Waals surface area (Å²) in [7, 11) is -3.62. The molecule has 0 radical (unpaired) electrons. The Bertz CT molecular complexity index is 794. The maximum atomic E-state index is 11.3. The quantitative estimate of drug-likeness (QED) is 0.861. The van der Waals surface area contributed by atoms with Crippen molar-refractivity contribution in [2.24, 2.45) is 11.1 Å². The van der Waals surface area contributed by atoms with E-state index in [1.54, 1.807) is 12.1 Å². The molecule has 1 heterocycles. The van der Waals surface area contributed by atoms with Crippen molar-refractivity contribution in [2.75, 3.05) is 29.9 Å². The van der Waals surface area contributed by atoms with E-state index >= 15 is 0 Å². The molecule has 1 saturated heterocycles. The average Bonchev–Trinajstić information content (AvgIpc) is 2.61. The monoisotopic (exact) mass is 359 g/mol. The number of sulfonamides is 1. The molecule has 2 aromatic carbocycles. The Morgan fingerprint density at radius 3 is 2.20 bits per heavy atom. The van der Waals surface area contributed by atoms with Gasteiger partial charge in [-0.3, -0.25) is 0 Å². The smallest absolute Gasteiger partial charge is 0.238 e. The lowest BCUT2D eigenvalue weighted by Crippen LogP contribution is -2.35. The number of piperidine rings is 1. The fraction of sp³-hybridized carbons (Fsp3) is 0.368. The van der Waals surface area contributed by atoms with Crippen LogP contribution < -0.4 is 15.4 Å². The van der Waals surface area contributed by atoms with Gasteiger partial charge >= 0.3 is 0 Å².